The van der Waals surface area contributed by atoms with Gasteiger partial charge in [0.25, 0.3) is 0 Å². The van der Waals surface area contributed by atoms with Crippen LogP contribution in [0.15, 0.2) is 40.6 Å². The number of hydrogen-bond acceptors (Lipinski definition) is 6. The number of thiophene rings is 1. The van der Waals surface area contributed by atoms with Crippen molar-refractivity contribution in [1.82, 2.24) is 9.97 Å². The molecular formula is C16H16FN3O2S2. The predicted molar refractivity (Wildman–Crippen MR) is 93.7 cm³/mol. The first kappa shape index (κ1) is 16.8. The normalized spacial score (nSPS) is 11.8. The summed E-state index contributed by atoms with van der Waals surface area (Å²) in [5, 5.41) is 5.90. The molecule has 5 nitrogen and oxygen atoms in total. The van der Waals surface area contributed by atoms with E-state index in [-0.39, 0.29) is 17.2 Å². The number of sulfone groups is 1. The number of aromatic nitrogens is 2. The van der Waals surface area contributed by atoms with Gasteiger partial charge in [-0.3, -0.25) is 0 Å². The molecule has 0 radical (unpaired) electrons. The van der Waals surface area contributed by atoms with E-state index in [2.05, 4.69) is 15.3 Å². The summed E-state index contributed by atoms with van der Waals surface area (Å²) in [5.41, 5.74) is 0. The van der Waals surface area contributed by atoms with E-state index in [1.54, 1.807) is 0 Å². The molecule has 0 fully saturated rings. The van der Waals surface area contributed by atoms with Crippen molar-refractivity contribution in [3.8, 4) is 0 Å². The number of rotatable bonds is 6. The highest BCUT2D eigenvalue weighted by Gasteiger charge is 2.15. The van der Waals surface area contributed by atoms with Gasteiger partial charge in [-0.05, 0) is 35.7 Å². The Morgan fingerprint density at radius 1 is 1.17 bits per heavy atom. The Morgan fingerprint density at radius 3 is 2.62 bits per heavy atom. The molecule has 126 valence electrons. The average Bonchev–Trinajstić information content (AvgIpc) is 3.03. The fourth-order valence-electron chi connectivity index (χ4n) is 2.26. The van der Waals surface area contributed by atoms with Crippen LogP contribution in [-0.4, -0.2) is 30.7 Å². The van der Waals surface area contributed by atoms with Crippen LogP contribution >= 0.6 is 11.3 Å². The lowest BCUT2D eigenvalue weighted by molar-refractivity contribution is 0.595. The second-order valence-corrected chi connectivity index (χ2v) is 8.18. The number of benzene rings is 1. The van der Waals surface area contributed by atoms with E-state index in [0.717, 1.165) is 22.3 Å². The Morgan fingerprint density at radius 2 is 1.92 bits per heavy atom. The minimum Gasteiger partial charge on any atom is -0.368 e. The van der Waals surface area contributed by atoms with Crippen LogP contribution in [0.3, 0.4) is 0 Å². The second-order valence-electron chi connectivity index (χ2n) is 5.18. The minimum atomic E-state index is -3.47. The van der Waals surface area contributed by atoms with Gasteiger partial charge in [0, 0.05) is 13.0 Å². The maximum Gasteiger partial charge on any atom is 0.180 e. The Balaban J connectivity index is 1.74. The zero-order chi connectivity index (χ0) is 17.2. The molecule has 0 aliphatic carbocycles. The van der Waals surface area contributed by atoms with Crippen molar-refractivity contribution in [1.29, 1.82) is 0 Å². The van der Waals surface area contributed by atoms with Crippen LogP contribution in [0.5, 0.6) is 0 Å². The molecule has 3 rings (SSSR count). The zero-order valence-corrected chi connectivity index (χ0v) is 14.6. The highest BCUT2D eigenvalue weighted by molar-refractivity contribution is 7.91. The van der Waals surface area contributed by atoms with Crippen LogP contribution in [0.2, 0.25) is 0 Å². The van der Waals surface area contributed by atoms with E-state index < -0.39 is 15.7 Å². The summed E-state index contributed by atoms with van der Waals surface area (Å²) in [4.78, 5) is 9.87. The topological polar surface area (TPSA) is 72.0 Å². The predicted octanol–water partition coefficient (Wildman–Crippen LogP) is 3.28. The smallest absolute Gasteiger partial charge is 0.180 e. The van der Waals surface area contributed by atoms with Gasteiger partial charge in [0.05, 0.1) is 16.0 Å². The Kier molecular flexibility index (Phi) is 4.77. The van der Waals surface area contributed by atoms with Crippen LogP contribution in [0, 0.1) is 5.82 Å². The first-order chi connectivity index (χ1) is 11.5. The summed E-state index contributed by atoms with van der Waals surface area (Å²) >= 11 is 1.52. The van der Waals surface area contributed by atoms with E-state index in [9.17, 15) is 12.8 Å². The molecule has 0 amide bonds. The molecule has 0 aliphatic heterocycles. The van der Waals surface area contributed by atoms with Crippen molar-refractivity contribution >= 4 is 37.2 Å². The molecule has 0 aliphatic rings. The number of halogens is 1. The molecule has 0 saturated heterocycles. The fourth-order valence-corrected chi connectivity index (χ4v) is 4.20. The quantitative estimate of drug-likeness (QED) is 0.679. The number of nitrogens with zero attached hydrogens (tertiary/aromatic N) is 2. The number of anilines is 1. The number of aryl methyl sites for hydroxylation is 1. The molecule has 1 aromatic carbocycles. The van der Waals surface area contributed by atoms with Gasteiger partial charge in [0.2, 0.25) is 0 Å². The molecule has 2 heterocycles. The van der Waals surface area contributed by atoms with Gasteiger partial charge in [-0.15, -0.1) is 11.3 Å². The molecule has 2 aromatic heterocycles. The Labute approximate surface area is 143 Å². The van der Waals surface area contributed by atoms with Crippen molar-refractivity contribution in [2.45, 2.75) is 18.2 Å². The summed E-state index contributed by atoms with van der Waals surface area (Å²) in [6, 6.07) is 6.76. The maximum atomic E-state index is 12.9. The van der Waals surface area contributed by atoms with Gasteiger partial charge in [0.1, 0.15) is 22.3 Å². The van der Waals surface area contributed by atoms with Crippen LogP contribution in [0.4, 0.5) is 10.2 Å². The van der Waals surface area contributed by atoms with Crippen LogP contribution in [-0.2, 0) is 16.3 Å². The lowest BCUT2D eigenvalue weighted by atomic mass is 10.3. The first-order valence-corrected chi connectivity index (χ1v) is 9.99. The third-order valence-corrected chi connectivity index (χ3v) is 6.06. The molecule has 0 atom stereocenters. The molecule has 0 bridgehead atoms. The van der Waals surface area contributed by atoms with E-state index >= 15 is 0 Å². The van der Waals surface area contributed by atoms with Crippen LogP contribution in [0.25, 0.3) is 10.2 Å². The Bertz CT molecular complexity index is 953. The highest BCUT2D eigenvalue weighted by atomic mass is 32.2. The third kappa shape index (κ3) is 3.54. The molecule has 8 heteroatoms. The average molecular weight is 365 g/mol. The highest BCUT2D eigenvalue weighted by Crippen LogP contribution is 2.25. The largest absolute Gasteiger partial charge is 0.368 e. The summed E-state index contributed by atoms with van der Waals surface area (Å²) in [6.45, 7) is 2.18. The summed E-state index contributed by atoms with van der Waals surface area (Å²) in [5.74, 6) is 0.802. The van der Waals surface area contributed by atoms with Gasteiger partial charge < -0.3 is 5.32 Å². The van der Waals surface area contributed by atoms with Crippen LogP contribution in [0.1, 0.15) is 12.7 Å². The fraction of sp³-hybridized carbons (Fsp3) is 0.250. The minimum absolute atomic E-state index is 0.101. The van der Waals surface area contributed by atoms with Gasteiger partial charge in [-0.25, -0.2) is 22.8 Å². The Hall–Kier alpha value is -2.06. The second kappa shape index (κ2) is 6.82. The maximum absolute atomic E-state index is 12.9. The van der Waals surface area contributed by atoms with Crippen molar-refractivity contribution in [3.63, 3.8) is 0 Å². The molecule has 0 spiro atoms. The lowest BCUT2D eigenvalue weighted by Gasteiger charge is -2.09. The monoisotopic (exact) mass is 365 g/mol. The van der Waals surface area contributed by atoms with E-state index in [1.165, 1.54) is 23.5 Å². The SMILES string of the molecule is CCc1nc(NCCS(=O)(=O)c2ccc(F)cc2)c2ccsc2n1. The lowest BCUT2D eigenvalue weighted by Crippen LogP contribution is -2.17. The number of fused-ring (bicyclic) bond motifs is 1. The molecule has 0 unspecified atom stereocenters. The van der Waals surface area contributed by atoms with Crippen LogP contribution < -0.4 is 5.32 Å². The molecule has 3 aromatic rings. The molecule has 1 N–H and O–H groups in total. The van der Waals surface area contributed by atoms with Gasteiger partial charge in [-0.1, -0.05) is 6.92 Å². The molecule has 0 saturated carbocycles. The number of nitrogens with one attached hydrogen (secondary N) is 1. The standard InChI is InChI=1S/C16H16FN3O2S2/c1-2-14-19-15(13-7-9-23-16(13)20-14)18-8-10-24(21,22)12-5-3-11(17)4-6-12/h3-7,9H,2,8,10H2,1H3,(H,18,19,20). The van der Waals surface area contributed by atoms with Crippen molar-refractivity contribution in [3.05, 3.63) is 47.4 Å². The van der Waals surface area contributed by atoms with E-state index in [0.29, 0.717) is 18.1 Å². The summed E-state index contributed by atoms with van der Waals surface area (Å²) < 4.78 is 37.5. The first-order valence-electron chi connectivity index (χ1n) is 7.46. The van der Waals surface area contributed by atoms with Crippen molar-refractivity contribution in [2.24, 2.45) is 0 Å². The van der Waals surface area contributed by atoms with Crippen molar-refractivity contribution in [2.75, 3.05) is 17.6 Å². The summed E-state index contributed by atoms with van der Waals surface area (Å²) in [7, 11) is -3.47. The molecular weight excluding hydrogens is 349 g/mol. The van der Waals surface area contributed by atoms with Gasteiger partial charge in [-0.2, -0.15) is 0 Å². The molecule has 24 heavy (non-hydrogen) atoms. The van der Waals surface area contributed by atoms with Gasteiger partial charge in [0.15, 0.2) is 9.84 Å². The zero-order valence-electron chi connectivity index (χ0n) is 13.0. The van der Waals surface area contributed by atoms with E-state index in [1.807, 2.05) is 18.4 Å². The third-order valence-electron chi connectivity index (χ3n) is 3.52. The van der Waals surface area contributed by atoms with Gasteiger partial charge >= 0.3 is 0 Å². The number of hydrogen-bond donors (Lipinski definition) is 1. The van der Waals surface area contributed by atoms with Crippen molar-refractivity contribution < 1.29 is 12.8 Å². The van der Waals surface area contributed by atoms with E-state index in [4.69, 9.17) is 0 Å². The summed E-state index contributed by atoms with van der Waals surface area (Å²) in [6.07, 6.45) is 0.705.